The van der Waals surface area contributed by atoms with Crippen LogP contribution in [0.1, 0.15) is 30.8 Å². The van der Waals surface area contributed by atoms with Crippen LogP contribution in [0.15, 0.2) is 36.5 Å². The molecule has 1 amide bonds. The number of benzene rings is 1. The molecule has 134 valence electrons. The summed E-state index contributed by atoms with van der Waals surface area (Å²) in [5.41, 5.74) is 2.29. The SMILES string of the molecule is CCN(CC)CCCNC(=O)c1nccc2c1[nH]c1ccccc12.Cl. The summed E-state index contributed by atoms with van der Waals surface area (Å²) in [7, 11) is 0. The fourth-order valence-corrected chi connectivity index (χ4v) is 3.07. The molecule has 6 heteroatoms. The van der Waals surface area contributed by atoms with Crippen LogP contribution in [0.2, 0.25) is 0 Å². The van der Waals surface area contributed by atoms with Crippen LogP contribution < -0.4 is 5.32 Å². The Bertz CT molecular complexity index is 842. The third kappa shape index (κ3) is 4.11. The van der Waals surface area contributed by atoms with Crippen molar-refractivity contribution in [2.45, 2.75) is 20.3 Å². The molecule has 0 saturated heterocycles. The Morgan fingerprint density at radius 1 is 1.16 bits per heavy atom. The van der Waals surface area contributed by atoms with Crippen molar-refractivity contribution < 1.29 is 4.79 Å². The van der Waals surface area contributed by atoms with E-state index in [1.165, 1.54) is 0 Å². The van der Waals surface area contributed by atoms with E-state index in [9.17, 15) is 4.79 Å². The molecule has 0 bridgehead atoms. The summed E-state index contributed by atoms with van der Waals surface area (Å²) in [5, 5.41) is 5.14. The van der Waals surface area contributed by atoms with Crippen molar-refractivity contribution in [1.29, 1.82) is 0 Å². The van der Waals surface area contributed by atoms with E-state index in [4.69, 9.17) is 0 Å². The molecule has 0 aliphatic heterocycles. The molecular weight excluding hydrogens is 336 g/mol. The third-order valence-electron chi connectivity index (χ3n) is 4.47. The van der Waals surface area contributed by atoms with Gasteiger partial charge in [-0.2, -0.15) is 0 Å². The molecule has 0 fully saturated rings. The number of aromatic nitrogens is 2. The lowest BCUT2D eigenvalue weighted by Crippen LogP contribution is -2.30. The first-order chi connectivity index (χ1) is 11.7. The molecule has 2 N–H and O–H groups in total. The number of fused-ring (bicyclic) bond motifs is 3. The summed E-state index contributed by atoms with van der Waals surface area (Å²) in [6.45, 7) is 8.05. The van der Waals surface area contributed by atoms with Crippen LogP contribution in [-0.4, -0.2) is 47.0 Å². The number of aromatic amines is 1. The van der Waals surface area contributed by atoms with Crippen molar-refractivity contribution in [2.24, 2.45) is 0 Å². The van der Waals surface area contributed by atoms with E-state index in [0.717, 1.165) is 47.9 Å². The predicted molar refractivity (Wildman–Crippen MR) is 106 cm³/mol. The summed E-state index contributed by atoms with van der Waals surface area (Å²) >= 11 is 0. The molecule has 0 atom stereocenters. The number of carbonyl (C=O) groups excluding carboxylic acids is 1. The number of carbonyl (C=O) groups is 1. The zero-order valence-electron chi connectivity index (χ0n) is 14.7. The summed E-state index contributed by atoms with van der Waals surface area (Å²) in [5.74, 6) is -0.119. The van der Waals surface area contributed by atoms with Crippen LogP contribution >= 0.6 is 12.4 Å². The minimum Gasteiger partial charge on any atom is -0.353 e. The van der Waals surface area contributed by atoms with Crippen LogP contribution in [0.3, 0.4) is 0 Å². The van der Waals surface area contributed by atoms with Gasteiger partial charge < -0.3 is 15.2 Å². The monoisotopic (exact) mass is 360 g/mol. The molecule has 2 heterocycles. The first-order valence-corrected chi connectivity index (χ1v) is 8.60. The quantitative estimate of drug-likeness (QED) is 0.633. The van der Waals surface area contributed by atoms with Crippen LogP contribution in [0, 0.1) is 0 Å². The zero-order valence-corrected chi connectivity index (χ0v) is 15.5. The molecule has 0 radical (unpaired) electrons. The number of nitrogens with one attached hydrogen (secondary N) is 2. The number of pyridine rings is 1. The van der Waals surface area contributed by atoms with Crippen LogP contribution in [0.4, 0.5) is 0 Å². The Hall–Kier alpha value is -2.11. The number of H-pyrrole nitrogens is 1. The summed E-state index contributed by atoms with van der Waals surface area (Å²) in [6.07, 6.45) is 2.64. The fraction of sp³-hybridized carbons (Fsp3) is 0.368. The molecule has 0 spiro atoms. The minimum absolute atomic E-state index is 0. The van der Waals surface area contributed by atoms with Crippen LogP contribution in [0.5, 0.6) is 0 Å². The molecule has 3 aromatic rings. The Balaban J connectivity index is 0.00000225. The molecule has 1 aromatic carbocycles. The number of hydrogen-bond donors (Lipinski definition) is 2. The number of amides is 1. The summed E-state index contributed by atoms with van der Waals surface area (Å²) < 4.78 is 0. The van der Waals surface area contributed by atoms with E-state index in [2.05, 4.69) is 40.1 Å². The van der Waals surface area contributed by atoms with Gasteiger partial charge in [-0.15, -0.1) is 12.4 Å². The Morgan fingerprint density at radius 3 is 2.68 bits per heavy atom. The maximum absolute atomic E-state index is 12.5. The van der Waals surface area contributed by atoms with Crippen LogP contribution in [-0.2, 0) is 0 Å². The van der Waals surface area contributed by atoms with E-state index in [0.29, 0.717) is 12.2 Å². The molecule has 0 aliphatic rings. The number of para-hydroxylation sites is 1. The molecule has 3 rings (SSSR count). The number of nitrogens with zero attached hydrogens (tertiary/aromatic N) is 2. The molecule has 25 heavy (non-hydrogen) atoms. The highest BCUT2D eigenvalue weighted by Gasteiger charge is 2.14. The second kappa shape index (κ2) is 8.83. The zero-order chi connectivity index (χ0) is 16.9. The van der Waals surface area contributed by atoms with Gasteiger partial charge in [0.25, 0.3) is 5.91 Å². The molecule has 5 nitrogen and oxygen atoms in total. The maximum atomic E-state index is 12.5. The highest BCUT2D eigenvalue weighted by atomic mass is 35.5. The van der Waals surface area contributed by atoms with Gasteiger partial charge in [0.05, 0.1) is 5.52 Å². The van der Waals surface area contributed by atoms with Gasteiger partial charge in [0.1, 0.15) is 0 Å². The fourth-order valence-electron chi connectivity index (χ4n) is 3.07. The van der Waals surface area contributed by atoms with E-state index >= 15 is 0 Å². The third-order valence-corrected chi connectivity index (χ3v) is 4.47. The molecule has 0 unspecified atom stereocenters. The van der Waals surface area contributed by atoms with E-state index < -0.39 is 0 Å². The number of rotatable bonds is 7. The normalized spacial score (nSPS) is 11.0. The van der Waals surface area contributed by atoms with Crippen LogP contribution in [0.25, 0.3) is 21.8 Å². The molecular formula is C19H25ClN4O. The summed E-state index contributed by atoms with van der Waals surface area (Å²) in [6, 6.07) is 10.0. The second-order valence-corrected chi connectivity index (χ2v) is 5.89. The first-order valence-electron chi connectivity index (χ1n) is 8.60. The smallest absolute Gasteiger partial charge is 0.272 e. The predicted octanol–water partition coefficient (Wildman–Crippen LogP) is 3.60. The number of hydrogen-bond acceptors (Lipinski definition) is 3. The average Bonchev–Trinajstić information content (AvgIpc) is 3.00. The lowest BCUT2D eigenvalue weighted by molar-refractivity contribution is 0.0948. The second-order valence-electron chi connectivity index (χ2n) is 5.89. The number of halogens is 1. The van der Waals surface area contributed by atoms with Gasteiger partial charge in [-0.05, 0) is 38.2 Å². The maximum Gasteiger partial charge on any atom is 0.272 e. The Labute approximate surface area is 154 Å². The van der Waals surface area contributed by atoms with E-state index in [-0.39, 0.29) is 18.3 Å². The van der Waals surface area contributed by atoms with Crippen molar-refractivity contribution in [2.75, 3.05) is 26.2 Å². The van der Waals surface area contributed by atoms with Crippen molar-refractivity contribution >= 4 is 40.1 Å². The topological polar surface area (TPSA) is 61.0 Å². The standard InChI is InChI=1S/C19H24N4O.ClH/c1-3-23(4-2)13-7-11-21-19(24)18-17-15(10-12-20-18)14-8-5-6-9-16(14)22-17;/h5-6,8-10,12,22H,3-4,7,11,13H2,1-2H3,(H,21,24);1H. The van der Waals surface area contributed by atoms with Gasteiger partial charge in [-0.25, -0.2) is 4.98 Å². The highest BCUT2D eigenvalue weighted by molar-refractivity contribution is 6.13. The molecule has 0 saturated carbocycles. The van der Waals surface area contributed by atoms with Crippen molar-refractivity contribution in [3.8, 4) is 0 Å². The lowest BCUT2D eigenvalue weighted by Gasteiger charge is -2.17. The van der Waals surface area contributed by atoms with E-state index in [1.807, 2.05) is 24.3 Å². The minimum atomic E-state index is -0.119. The first kappa shape index (κ1) is 19.2. The average molecular weight is 361 g/mol. The Kier molecular flexibility index (Phi) is 6.79. The van der Waals surface area contributed by atoms with Gasteiger partial charge in [-0.3, -0.25) is 4.79 Å². The lowest BCUT2D eigenvalue weighted by atomic mass is 10.1. The Morgan fingerprint density at radius 2 is 1.92 bits per heavy atom. The van der Waals surface area contributed by atoms with Gasteiger partial charge >= 0.3 is 0 Å². The van der Waals surface area contributed by atoms with Crippen molar-refractivity contribution in [3.63, 3.8) is 0 Å². The van der Waals surface area contributed by atoms with Gasteiger partial charge in [0, 0.05) is 29.0 Å². The largest absolute Gasteiger partial charge is 0.353 e. The summed E-state index contributed by atoms with van der Waals surface area (Å²) in [4.78, 5) is 22.5. The van der Waals surface area contributed by atoms with Gasteiger partial charge in [0.2, 0.25) is 0 Å². The highest BCUT2D eigenvalue weighted by Crippen LogP contribution is 2.26. The van der Waals surface area contributed by atoms with Crippen molar-refractivity contribution in [1.82, 2.24) is 20.2 Å². The molecule has 2 aromatic heterocycles. The van der Waals surface area contributed by atoms with Gasteiger partial charge in [-0.1, -0.05) is 32.0 Å². The molecule has 0 aliphatic carbocycles. The van der Waals surface area contributed by atoms with Crippen molar-refractivity contribution in [3.05, 3.63) is 42.2 Å². The van der Waals surface area contributed by atoms with Gasteiger partial charge in [0.15, 0.2) is 5.69 Å². The van der Waals surface area contributed by atoms with E-state index in [1.54, 1.807) is 6.20 Å².